The second kappa shape index (κ2) is 8.30. The van der Waals surface area contributed by atoms with Gasteiger partial charge in [0.15, 0.2) is 5.76 Å². The van der Waals surface area contributed by atoms with Crippen molar-refractivity contribution in [3.63, 3.8) is 0 Å². The summed E-state index contributed by atoms with van der Waals surface area (Å²) in [6.45, 7) is 6.52. The Morgan fingerprint density at radius 1 is 1.25 bits per heavy atom. The molecule has 1 aromatic rings. The standard InChI is InChI=1S/C17H25N3O4/c21-16(18-5-8-19-9-12-23-13-10-19)14-3-6-20(7-4-14)17(22)15-2-1-11-24-15/h1-2,11,14H,3-10,12-13H2,(H,18,21)/p+1. The summed E-state index contributed by atoms with van der Waals surface area (Å²) in [6.07, 6.45) is 2.93. The molecule has 24 heavy (non-hydrogen) atoms. The Kier molecular flexibility index (Phi) is 5.87. The highest BCUT2D eigenvalue weighted by molar-refractivity contribution is 5.91. The van der Waals surface area contributed by atoms with Crippen LogP contribution in [0, 0.1) is 5.92 Å². The highest BCUT2D eigenvalue weighted by Gasteiger charge is 2.28. The van der Waals surface area contributed by atoms with Gasteiger partial charge < -0.3 is 24.3 Å². The van der Waals surface area contributed by atoms with Crippen LogP contribution in [0.5, 0.6) is 0 Å². The summed E-state index contributed by atoms with van der Waals surface area (Å²) in [5.74, 6) is 0.402. The van der Waals surface area contributed by atoms with Crippen molar-refractivity contribution in [2.24, 2.45) is 5.92 Å². The first-order valence-corrected chi connectivity index (χ1v) is 8.76. The van der Waals surface area contributed by atoms with Crippen LogP contribution >= 0.6 is 0 Å². The van der Waals surface area contributed by atoms with Crippen LogP contribution in [0.1, 0.15) is 23.4 Å². The molecule has 0 aromatic carbocycles. The lowest BCUT2D eigenvalue weighted by Gasteiger charge is -2.31. The van der Waals surface area contributed by atoms with E-state index >= 15 is 0 Å². The zero-order valence-electron chi connectivity index (χ0n) is 14.0. The van der Waals surface area contributed by atoms with E-state index in [-0.39, 0.29) is 17.7 Å². The van der Waals surface area contributed by atoms with Crippen LogP contribution in [-0.2, 0) is 9.53 Å². The number of carbonyl (C=O) groups excluding carboxylic acids is 2. The smallest absolute Gasteiger partial charge is 0.289 e. The van der Waals surface area contributed by atoms with E-state index in [0.717, 1.165) is 32.8 Å². The van der Waals surface area contributed by atoms with Crippen LogP contribution < -0.4 is 10.2 Å². The molecule has 0 bridgehead atoms. The van der Waals surface area contributed by atoms with Crippen molar-refractivity contribution < 1.29 is 23.6 Å². The second-order valence-corrected chi connectivity index (χ2v) is 6.45. The number of carbonyl (C=O) groups is 2. The maximum Gasteiger partial charge on any atom is 0.289 e. The maximum absolute atomic E-state index is 12.3. The molecule has 2 aliphatic heterocycles. The van der Waals surface area contributed by atoms with Crippen molar-refractivity contribution in [1.29, 1.82) is 0 Å². The van der Waals surface area contributed by atoms with E-state index in [4.69, 9.17) is 9.15 Å². The lowest BCUT2D eigenvalue weighted by molar-refractivity contribution is -0.906. The average Bonchev–Trinajstić information content (AvgIpc) is 3.17. The van der Waals surface area contributed by atoms with Crippen molar-refractivity contribution in [3.05, 3.63) is 24.2 Å². The fraction of sp³-hybridized carbons (Fsp3) is 0.647. The topological polar surface area (TPSA) is 76.2 Å². The normalized spacial score (nSPS) is 20.1. The molecule has 2 aliphatic rings. The number of rotatable bonds is 5. The number of amides is 2. The molecule has 1 aromatic heterocycles. The number of piperidine rings is 1. The Labute approximate surface area is 141 Å². The van der Waals surface area contributed by atoms with Gasteiger partial charge in [-0.15, -0.1) is 0 Å². The van der Waals surface area contributed by atoms with Gasteiger partial charge in [0, 0.05) is 19.0 Å². The molecule has 2 saturated heterocycles. The van der Waals surface area contributed by atoms with Gasteiger partial charge in [0.2, 0.25) is 5.91 Å². The first-order chi connectivity index (χ1) is 11.7. The quantitative estimate of drug-likeness (QED) is 0.735. The molecule has 2 N–H and O–H groups in total. The Bertz CT molecular complexity index is 532. The summed E-state index contributed by atoms with van der Waals surface area (Å²) < 4.78 is 10.5. The van der Waals surface area contributed by atoms with E-state index in [2.05, 4.69) is 5.32 Å². The van der Waals surface area contributed by atoms with Gasteiger partial charge in [-0.25, -0.2) is 0 Å². The van der Waals surface area contributed by atoms with Crippen molar-refractivity contribution in [2.75, 3.05) is 52.5 Å². The van der Waals surface area contributed by atoms with Crippen molar-refractivity contribution in [1.82, 2.24) is 10.2 Å². The lowest BCUT2D eigenvalue weighted by Crippen LogP contribution is -3.14. The summed E-state index contributed by atoms with van der Waals surface area (Å²) in [6, 6.07) is 3.39. The highest BCUT2D eigenvalue weighted by Crippen LogP contribution is 2.19. The van der Waals surface area contributed by atoms with Crippen molar-refractivity contribution in [2.45, 2.75) is 12.8 Å². The van der Waals surface area contributed by atoms with Crippen molar-refractivity contribution >= 4 is 11.8 Å². The summed E-state index contributed by atoms with van der Waals surface area (Å²) in [5.41, 5.74) is 0. The van der Waals surface area contributed by atoms with Crippen LogP contribution in [0.3, 0.4) is 0 Å². The maximum atomic E-state index is 12.3. The first kappa shape index (κ1) is 17.0. The summed E-state index contributed by atoms with van der Waals surface area (Å²) in [4.78, 5) is 27.7. The molecule has 3 heterocycles. The fourth-order valence-electron chi connectivity index (χ4n) is 3.32. The zero-order chi connectivity index (χ0) is 16.8. The van der Waals surface area contributed by atoms with Gasteiger partial charge in [-0.1, -0.05) is 0 Å². The van der Waals surface area contributed by atoms with Gasteiger partial charge in [-0.2, -0.15) is 0 Å². The predicted molar refractivity (Wildman–Crippen MR) is 86.7 cm³/mol. The third-order valence-electron chi connectivity index (χ3n) is 4.86. The molecule has 3 rings (SSSR count). The van der Waals surface area contributed by atoms with Crippen molar-refractivity contribution in [3.8, 4) is 0 Å². The summed E-state index contributed by atoms with van der Waals surface area (Å²) >= 11 is 0. The number of furan rings is 1. The predicted octanol–water partition coefficient (Wildman–Crippen LogP) is -0.837. The summed E-state index contributed by atoms with van der Waals surface area (Å²) in [5, 5.41) is 3.05. The van der Waals surface area contributed by atoms with E-state index in [1.165, 1.54) is 11.2 Å². The van der Waals surface area contributed by atoms with E-state index in [0.29, 0.717) is 38.2 Å². The van der Waals surface area contributed by atoms with Gasteiger partial charge in [0.25, 0.3) is 5.91 Å². The van der Waals surface area contributed by atoms with Crippen LogP contribution in [-0.4, -0.2) is 69.2 Å². The van der Waals surface area contributed by atoms with Crippen LogP contribution in [0.2, 0.25) is 0 Å². The Morgan fingerprint density at radius 3 is 2.67 bits per heavy atom. The second-order valence-electron chi connectivity index (χ2n) is 6.45. The van der Waals surface area contributed by atoms with Gasteiger partial charge in [-0.3, -0.25) is 9.59 Å². The average molecular weight is 336 g/mol. The molecule has 0 atom stereocenters. The third kappa shape index (κ3) is 4.36. The number of nitrogens with zero attached hydrogens (tertiary/aromatic N) is 1. The molecule has 2 fully saturated rings. The molecule has 0 unspecified atom stereocenters. The lowest BCUT2D eigenvalue weighted by atomic mass is 9.95. The monoisotopic (exact) mass is 336 g/mol. The molecule has 132 valence electrons. The van der Waals surface area contributed by atoms with E-state index in [1.54, 1.807) is 17.0 Å². The molecular formula is C17H26N3O4+. The molecule has 0 radical (unpaired) electrons. The van der Waals surface area contributed by atoms with Crippen LogP contribution in [0.15, 0.2) is 22.8 Å². The summed E-state index contributed by atoms with van der Waals surface area (Å²) in [7, 11) is 0. The molecule has 2 amide bonds. The van der Waals surface area contributed by atoms with Crippen LogP contribution in [0.4, 0.5) is 0 Å². The number of quaternary nitrogens is 1. The Hall–Kier alpha value is -1.86. The van der Waals surface area contributed by atoms with E-state index in [1.807, 2.05) is 0 Å². The van der Waals surface area contributed by atoms with Gasteiger partial charge in [0.1, 0.15) is 13.1 Å². The SMILES string of the molecule is O=C(NCC[NH+]1CCOCC1)C1CCN(C(=O)c2ccco2)CC1. The largest absolute Gasteiger partial charge is 0.459 e. The molecule has 7 heteroatoms. The number of hydrogen-bond donors (Lipinski definition) is 2. The molecule has 0 aliphatic carbocycles. The minimum absolute atomic E-state index is 0.00494. The molecular weight excluding hydrogens is 310 g/mol. The minimum Gasteiger partial charge on any atom is -0.459 e. The number of morpholine rings is 1. The zero-order valence-corrected chi connectivity index (χ0v) is 14.0. The molecule has 7 nitrogen and oxygen atoms in total. The van der Waals surface area contributed by atoms with Gasteiger partial charge in [0.05, 0.1) is 32.6 Å². The number of likely N-dealkylation sites (tertiary alicyclic amines) is 1. The number of hydrogen-bond acceptors (Lipinski definition) is 4. The molecule has 0 spiro atoms. The highest BCUT2D eigenvalue weighted by atomic mass is 16.5. The van der Waals surface area contributed by atoms with Crippen LogP contribution in [0.25, 0.3) is 0 Å². The van der Waals surface area contributed by atoms with E-state index in [9.17, 15) is 9.59 Å². The van der Waals surface area contributed by atoms with E-state index < -0.39 is 0 Å². The Balaban J connectivity index is 1.36. The Morgan fingerprint density at radius 2 is 2.00 bits per heavy atom. The first-order valence-electron chi connectivity index (χ1n) is 8.76. The number of nitrogens with one attached hydrogen (secondary N) is 2. The van der Waals surface area contributed by atoms with Gasteiger partial charge >= 0.3 is 0 Å². The third-order valence-corrected chi connectivity index (χ3v) is 4.86. The minimum atomic E-state index is -0.0882. The number of ether oxygens (including phenoxy) is 1. The van der Waals surface area contributed by atoms with Gasteiger partial charge in [-0.05, 0) is 25.0 Å². The fourth-order valence-corrected chi connectivity index (χ4v) is 3.32. The molecule has 0 saturated carbocycles.